The number of nitrogens with zero attached hydrogens (tertiary/aromatic N) is 3. The molecule has 0 fully saturated rings. The van der Waals surface area contributed by atoms with Crippen molar-refractivity contribution in [2.75, 3.05) is 12.4 Å². The summed E-state index contributed by atoms with van der Waals surface area (Å²) in [6, 6.07) is 23.7. The number of carboxylic acids is 1. The lowest BCUT2D eigenvalue weighted by molar-refractivity contribution is -0.137. The Hall–Kier alpha value is -4.87. The first-order chi connectivity index (χ1) is 21.9. The summed E-state index contributed by atoms with van der Waals surface area (Å²) in [5.41, 5.74) is 2.97. The summed E-state index contributed by atoms with van der Waals surface area (Å²) < 4.78 is 26.8. The Labute approximate surface area is 270 Å². The van der Waals surface area contributed by atoms with E-state index in [9.17, 15) is 14.3 Å². The molecule has 45 heavy (non-hydrogen) atoms. The van der Waals surface area contributed by atoms with Crippen molar-refractivity contribution in [1.29, 1.82) is 0 Å². The van der Waals surface area contributed by atoms with Crippen molar-refractivity contribution in [3.8, 4) is 33.3 Å². The number of ether oxygens (including phenoxy) is 2. The molecular weight excluding hydrogens is 659 g/mol. The Bertz CT molecular complexity index is 1990. The van der Waals surface area contributed by atoms with Gasteiger partial charge in [0.05, 0.1) is 18.4 Å². The fraction of sp³-hybridized carbons (Fsp3) is 0.118. The minimum Gasteiger partial charge on any atom is -0.496 e. The summed E-state index contributed by atoms with van der Waals surface area (Å²) >= 11 is 5.20. The summed E-state index contributed by atoms with van der Waals surface area (Å²) in [5, 5.41) is 14.1. The van der Waals surface area contributed by atoms with E-state index in [4.69, 9.17) is 9.47 Å². The zero-order chi connectivity index (χ0) is 31.3. The van der Waals surface area contributed by atoms with E-state index in [-0.39, 0.29) is 18.8 Å². The topological polar surface area (TPSA) is 106 Å². The van der Waals surface area contributed by atoms with Crippen molar-refractivity contribution in [2.45, 2.75) is 19.1 Å². The molecule has 3 aromatic heterocycles. The number of carboxylic acid groups (broad SMARTS) is 1. The van der Waals surface area contributed by atoms with E-state index in [1.54, 1.807) is 43.8 Å². The molecule has 226 valence electrons. The number of thiophene rings is 1. The number of pyridine rings is 1. The summed E-state index contributed by atoms with van der Waals surface area (Å²) in [6.07, 6.45) is 3.44. The predicted octanol–water partition coefficient (Wildman–Crippen LogP) is 8.02. The Kier molecular flexibility index (Phi) is 8.99. The second-order valence-electron chi connectivity index (χ2n) is 9.99. The molecule has 2 N–H and O–H groups in total. The van der Waals surface area contributed by atoms with Gasteiger partial charge < -0.3 is 19.9 Å². The molecule has 3 heterocycles. The van der Waals surface area contributed by atoms with Gasteiger partial charge in [-0.15, -0.1) is 11.3 Å². The third-order valence-electron chi connectivity index (χ3n) is 7.09. The number of benzene rings is 3. The van der Waals surface area contributed by atoms with Crippen LogP contribution in [0.25, 0.3) is 31.9 Å². The van der Waals surface area contributed by atoms with Crippen LogP contribution in [0.4, 0.5) is 10.2 Å². The predicted molar refractivity (Wildman–Crippen MR) is 176 cm³/mol. The van der Waals surface area contributed by atoms with E-state index in [1.807, 2.05) is 48.5 Å². The molecule has 11 heteroatoms. The maximum Gasteiger partial charge on any atom is 0.326 e. The monoisotopic (exact) mass is 684 g/mol. The van der Waals surface area contributed by atoms with Gasteiger partial charge in [-0.1, -0.05) is 42.5 Å². The number of aromatic nitrogens is 3. The first-order valence-corrected chi connectivity index (χ1v) is 15.5. The lowest BCUT2D eigenvalue weighted by Crippen LogP contribution is -2.32. The van der Waals surface area contributed by atoms with Gasteiger partial charge in [0.2, 0.25) is 0 Å². The van der Waals surface area contributed by atoms with Gasteiger partial charge in [0.25, 0.3) is 0 Å². The van der Waals surface area contributed by atoms with Crippen LogP contribution >= 0.6 is 27.3 Å². The Balaban J connectivity index is 1.22. The fourth-order valence-corrected chi connectivity index (χ4v) is 6.99. The number of methoxy groups -OCH3 is 1. The van der Waals surface area contributed by atoms with Crippen LogP contribution in [-0.2, 0) is 17.8 Å². The van der Waals surface area contributed by atoms with Crippen LogP contribution < -0.4 is 14.8 Å². The maximum atomic E-state index is 13.5. The molecule has 0 unspecified atom stereocenters. The van der Waals surface area contributed by atoms with E-state index in [0.29, 0.717) is 34.4 Å². The normalized spacial score (nSPS) is 11.7. The smallest absolute Gasteiger partial charge is 0.326 e. The molecular formula is C34H26BrFN4O4S. The van der Waals surface area contributed by atoms with E-state index in [1.165, 1.54) is 23.5 Å². The second-order valence-corrected chi connectivity index (χ2v) is 11.8. The average Bonchev–Trinajstić information content (AvgIpc) is 3.41. The van der Waals surface area contributed by atoms with Crippen LogP contribution in [0.2, 0.25) is 0 Å². The highest BCUT2D eigenvalue weighted by molar-refractivity contribution is 9.10. The van der Waals surface area contributed by atoms with E-state index >= 15 is 0 Å². The van der Waals surface area contributed by atoms with Crippen molar-refractivity contribution in [3.63, 3.8) is 0 Å². The van der Waals surface area contributed by atoms with Gasteiger partial charge in [-0.3, -0.25) is 0 Å². The van der Waals surface area contributed by atoms with Crippen molar-refractivity contribution in [1.82, 2.24) is 15.0 Å². The average molecular weight is 686 g/mol. The molecule has 6 aromatic rings. The van der Waals surface area contributed by atoms with Crippen molar-refractivity contribution >= 4 is 49.1 Å². The number of carbonyl (C=O) groups is 1. The summed E-state index contributed by atoms with van der Waals surface area (Å²) in [4.78, 5) is 26.9. The van der Waals surface area contributed by atoms with Crippen LogP contribution in [-0.4, -0.2) is 39.2 Å². The standard InChI is InChI=1S/C34H26BrFN4O4S/c1-43-27-9-5-3-7-24(27)32-37-16-14-23(39-32)19-44-26-8-4-2-6-21(26)18-25(34(41)42)40-33-29-28(15-17-38-33)45-31(30(29)35)20-10-12-22(36)13-11-20/h2-17,25H,18-19H2,1H3,(H,38,40)(H,41,42)/t25-/m1/s1. The number of nitrogens with one attached hydrogen (secondary N) is 1. The molecule has 0 spiro atoms. The van der Waals surface area contributed by atoms with Crippen LogP contribution in [0.15, 0.2) is 102 Å². The van der Waals surface area contributed by atoms with Crippen molar-refractivity contribution < 1.29 is 23.8 Å². The lowest BCUT2D eigenvalue weighted by atomic mass is 10.0. The quantitative estimate of drug-likeness (QED) is 0.141. The maximum absolute atomic E-state index is 13.5. The molecule has 1 atom stereocenters. The highest BCUT2D eigenvalue weighted by Crippen LogP contribution is 2.44. The molecule has 6 rings (SSSR count). The molecule has 3 aromatic carbocycles. The van der Waals surface area contributed by atoms with Gasteiger partial charge in [0.15, 0.2) is 5.82 Å². The molecule has 0 bridgehead atoms. The minimum absolute atomic E-state index is 0.131. The Morgan fingerprint density at radius 3 is 2.49 bits per heavy atom. The zero-order valence-electron chi connectivity index (χ0n) is 23.9. The molecule has 0 aliphatic rings. The number of halogens is 2. The highest BCUT2D eigenvalue weighted by atomic mass is 79.9. The van der Waals surface area contributed by atoms with E-state index in [0.717, 1.165) is 30.6 Å². The molecule has 0 radical (unpaired) electrons. The van der Waals surface area contributed by atoms with Crippen LogP contribution in [0.3, 0.4) is 0 Å². The van der Waals surface area contributed by atoms with Gasteiger partial charge in [-0.2, -0.15) is 0 Å². The Morgan fingerprint density at radius 2 is 1.71 bits per heavy atom. The number of hydrogen-bond acceptors (Lipinski definition) is 8. The summed E-state index contributed by atoms with van der Waals surface area (Å²) in [5.74, 6) is 0.804. The molecule has 0 aliphatic heterocycles. The number of rotatable bonds is 11. The van der Waals surface area contributed by atoms with E-state index < -0.39 is 12.0 Å². The van der Waals surface area contributed by atoms with Crippen LogP contribution in [0.1, 0.15) is 11.3 Å². The first kappa shape index (κ1) is 30.2. The number of fused-ring (bicyclic) bond motifs is 1. The Morgan fingerprint density at radius 1 is 0.978 bits per heavy atom. The SMILES string of the molecule is COc1ccccc1-c1nccc(COc2ccccc2C[C@@H](Nc2nccc3sc(-c4ccc(F)cc4)c(Br)c23)C(=O)O)n1. The number of anilines is 1. The number of para-hydroxylation sites is 2. The molecule has 0 saturated carbocycles. The third-order valence-corrected chi connectivity index (χ3v) is 9.35. The van der Waals surface area contributed by atoms with Gasteiger partial charge in [0, 0.05) is 38.3 Å². The lowest BCUT2D eigenvalue weighted by Gasteiger charge is -2.18. The first-order valence-electron chi connectivity index (χ1n) is 13.9. The summed E-state index contributed by atoms with van der Waals surface area (Å²) in [6.45, 7) is 0.154. The van der Waals surface area contributed by atoms with E-state index in [2.05, 4.69) is 36.2 Å². The van der Waals surface area contributed by atoms with Crippen molar-refractivity contribution in [3.05, 3.63) is 119 Å². The second kappa shape index (κ2) is 13.4. The van der Waals surface area contributed by atoms with Gasteiger partial charge in [-0.25, -0.2) is 24.1 Å². The fourth-order valence-electron chi connectivity index (χ4n) is 4.89. The highest BCUT2D eigenvalue weighted by Gasteiger charge is 2.24. The van der Waals surface area contributed by atoms with Crippen LogP contribution in [0, 0.1) is 5.82 Å². The van der Waals surface area contributed by atoms with Crippen LogP contribution in [0.5, 0.6) is 11.5 Å². The van der Waals surface area contributed by atoms with Crippen molar-refractivity contribution in [2.24, 2.45) is 0 Å². The van der Waals surface area contributed by atoms with Gasteiger partial charge in [0.1, 0.15) is 35.8 Å². The number of hydrogen-bond donors (Lipinski definition) is 2. The molecule has 0 saturated heterocycles. The van der Waals surface area contributed by atoms with Gasteiger partial charge >= 0.3 is 5.97 Å². The molecule has 0 aliphatic carbocycles. The molecule has 8 nitrogen and oxygen atoms in total. The van der Waals surface area contributed by atoms with Gasteiger partial charge in [-0.05, 0) is 69.5 Å². The number of aliphatic carboxylic acids is 1. The summed E-state index contributed by atoms with van der Waals surface area (Å²) in [7, 11) is 1.60. The largest absolute Gasteiger partial charge is 0.496 e. The zero-order valence-corrected chi connectivity index (χ0v) is 26.3. The molecule has 0 amide bonds. The third kappa shape index (κ3) is 6.64. The minimum atomic E-state index is -1.04.